The number of halogens is 1. The maximum atomic E-state index is 6.25. The Bertz CT molecular complexity index is 362. The second-order valence-corrected chi connectivity index (χ2v) is 4.71. The molecule has 0 atom stereocenters. The predicted molar refractivity (Wildman–Crippen MR) is 70.8 cm³/mol. The molecule has 1 aromatic carbocycles. The Labute approximate surface area is 108 Å². The summed E-state index contributed by atoms with van der Waals surface area (Å²) >= 11 is 6.25. The summed E-state index contributed by atoms with van der Waals surface area (Å²) in [5.74, 6) is 0.884. The molecule has 0 unspecified atom stereocenters. The molecule has 17 heavy (non-hydrogen) atoms. The summed E-state index contributed by atoms with van der Waals surface area (Å²) in [7, 11) is 1.69. The van der Waals surface area contributed by atoms with Gasteiger partial charge in [0, 0.05) is 30.2 Å². The fraction of sp³-hybridized carbons (Fsp3) is 0.538. The highest BCUT2D eigenvalue weighted by Crippen LogP contribution is 2.27. The third-order valence-electron chi connectivity index (χ3n) is 3.11. The molecular formula is C13H19ClN2O. The molecule has 0 bridgehead atoms. The molecule has 1 saturated heterocycles. The van der Waals surface area contributed by atoms with Crippen LogP contribution in [-0.2, 0) is 6.54 Å². The van der Waals surface area contributed by atoms with Gasteiger partial charge in [0.1, 0.15) is 5.75 Å². The van der Waals surface area contributed by atoms with Crippen molar-refractivity contribution in [3.05, 3.63) is 28.8 Å². The molecule has 4 heteroatoms. The first-order chi connectivity index (χ1) is 8.31. The van der Waals surface area contributed by atoms with Gasteiger partial charge >= 0.3 is 0 Å². The van der Waals surface area contributed by atoms with Crippen LogP contribution in [0.4, 0.5) is 0 Å². The van der Waals surface area contributed by atoms with Crippen LogP contribution in [0.15, 0.2) is 18.2 Å². The minimum absolute atomic E-state index is 0.793. The molecule has 0 radical (unpaired) electrons. The zero-order valence-corrected chi connectivity index (χ0v) is 11.0. The Balaban J connectivity index is 2.11. The second-order valence-electron chi connectivity index (χ2n) is 4.30. The van der Waals surface area contributed by atoms with Crippen LogP contribution in [-0.4, -0.2) is 38.2 Å². The van der Waals surface area contributed by atoms with Gasteiger partial charge in [0.15, 0.2) is 0 Å². The molecule has 1 fully saturated rings. The first-order valence-corrected chi connectivity index (χ1v) is 6.43. The van der Waals surface area contributed by atoms with E-state index in [1.165, 1.54) is 6.42 Å². The van der Waals surface area contributed by atoms with Crippen molar-refractivity contribution in [1.82, 2.24) is 10.2 Å². The Morgan fingerprint density at radius 3 is 3.06 bits per heavy atom. The highest BCUT2D eigenvalue weighted by atomic mass is 35.5. The minimum atomic E-state index is 0.793. The monoisotopic (exact) mass is 254 g/mol. The third kappa shape index (κ3) is 3.35. The standard InChI is InChI=1S/C13H19ClN2O/c1-17-13-5-2-4-12(14)11(13)10-16-8-3-6-15-7-9-16/h2,4-5,15H,3,6-10H2,1H3. The first kappa shape index (κ1) is 12.7. The van der Waals surface area contributed by atoms with Crippen LogP contribution in [0, 0.1) is 0 Å². The van der Waals surface area contributed by atoms with Gasteiger partial charge in [-0.15, -0.1) is 0 Å². The van der Waals surface area contributed by atoms with Gasteiger partial charge in [-0.25, -0.2) is 0 Å². The molecule has 0 aliphatic carbocycles. The number of nitrogens with zero attached hydrogens (tertiary/aromatic N) is 1. The van der Waals surface area contributed by atoms with E-state index in [1.807, 2.05) is 18.2 Å². The number of benzene rings is 1. The molecule has 0 saturated carbocycles. The van der Waals surface area contributed by atoms with Crippen LogP contribution in [0.5, 0.6) is 5.75 Å². The van der Waals surface area contributed by atoms with Crippen molar-refractivity contribution in [3.63, 3.8) is 0 Å². The van der Waals surface area contributed by atoms with Crippen LogP contribution in [0.3, 0.4) is 0 Å². The fourth-order valence-electron chi connectivity index (χ4n) is 2.17. The normalized spacial score (nSPS) is 17.8. The van der Waals surface area contributed by atoms with E-state index >= 15 is 0 Å². The van der Waals surface area contributed by atoms with E-state index < -0.39 is 0 Å². The molecular weight excluding hydrogens is 236 g/mol. The van der Waals surface area contributed by atoms with Crippen molar-refractivity contribution in [2.75, 3.05) is 33.3 Å². The lowest BCUT2D eigenvalue weighted by Gasteiger charge is -2.21. The number of ether oxygens (including phenoxy) is 1. The molecule has 94 valence electrons. The third-order valence-corrected chi connectivity index (χ3v) is 3.46. The molecule has 1 aliphatic rings. The molecule has 1 aliphatic heterocycles. The maximum Gasteiger partial charge on any atom is 0.124 e. The molecule has 1 heterocycles. The van der Waals surface area contributed by atoms with Crippen molar-refractivity contribution >= 4 is 11.6 Å². The van der Waals surface area contributed by atoms with Gasteiger partial charge in [0.2, 0.25) is 0 Å². The summed E-state index contributed by atoms with van der Waals surface area (Å²) in [5, 5.41) is 4.19. The molecule has 3 nitrogen and oxygen atoms in total. The number of nitrogens with one attached hydrogen (secondary N) is 1. The fourth-order valence-corrected chi connectivity index (χ4v) is 2.39. The van der Waals surface area contributed by atoms with Crippen molar-refractivity contribution in [2.24, 2.45) is 0 Å². The quantitative estimate of drug-likeness (QED) is 0.895. The second kappa shape index (κ2) is 6.24. The SMILES string of the molecule is COc1cccc(Cl)c1CN1CCCNCC1. The molecule has 1 aromatic rings. The molecule has 0 spiro atoms. The average Bonchev–Trinajstić information content (AvgIpc) is 2.60. The van der Waals surface area contributed by atoms with E-state index in [1.54, 1.807) is 7.11 Å². The lowest BCUT2D eigenvalue weighted by Crippen LogP contribution is -2.27. The summed E-state index contributed by atoms with van der Waals surface area (Å²) in [5.41, 5.74) is 1.10. The van der Waals surface area contributed by atoms with E-state index in [0.717, 1.165) is 49.1 Å². The molecule has 0 aromatic heterocycles. The summed E-state index contributed by atoms with van der Waals surface area (Å²) in [6.07, 6.45) is 1.19. The van der Waals surface area contributed by atoms with Crippen molar-refractivity contribution in [1.29, 1.82) is 0 Å². The Morgan fingerprint density at radius 2 is 2.24 bits per heavy atom. The van der Waals surface area contributed by atoms with Gasteiger partial charge < -0.3 is 10.1 Å². The van der Waals surface area contributed by atoms with E-state index in [9.17, 15) is 0 Å². The highest BCUT2D eigenvalue weighted by molar-refractivity contribution is 6.31. The van der Waals surface area contributed by atoms with Crippen LogP contribution >= 0.6 is 11.6 Å². The number of rotatable bonds is 3. The van der Waals surface area contributed by atoms with Crippen LogP contribution in [0.1, 0.15) is 12.0 Å². The zero-order valence-electron chi connectivity index (χ0n) is 10.2. The van der Waals surface area contributed by atoms with E-state index in [0.29, 0.717) is 0 Å². The Hall–Kier alpha value is -0.770. The number of hydrogen-bond donors (Lipinski definition) is 1. The zero-order chi connectivity index (χ0) is 12.1. The summed E-state index contributed by atoms with van der Waals surface area (Å²) in [4.78, 5) is 2.42. The van der Waals surface area contributed by atoms with Crippen LogP contribution in [0.2, 0.25) is 5.02 Å². The van der Waals surface area contributed by atoms with Crippen molar-refractivity contribution in [3.8, 4) is 5.75 Å². The average molecular weight is 255 g/mol. The van der Waals surface area contributed by atoms with Crippen LogP contribution < -0.4 is 10.1 Å². The van der Waals surface area contributed by atoms with Gasteiger partial charge in [-0.2, -0.15) is 0 Å². The largest absolute Gasteiger partial charge is 0.496 e. The smallest absolute Gasteiger partial charge is 0.124 e. The van der Waals surface area contributed by atoms with E-state index in [4.69, 9.17) is 16.3 Å². The predicted octanol–water partition coefficient (Wildman–Crippen LogP) is 2.14. The van der Waals surface area contributed by atoms with Gasteiger partial charge in [-0.3, -0.25) is 4.90 Å². The van der Waals surface area contributed by atoms with Gasteiger partial charge in [0.25, 0.3) is 0 Å². The first-order valence-electron chi connectivity index (χ1n) is 6.05. The topological polar surface area (TPSA) is 24.5 Å². The molecule has 0 amide bonds. The maximum absolute atomic E-state index is 6.25. The van der Waals surface area contributed by atoms with Crippen molar-refractivity contribution in [2.45, 2.75) is 13.0 Å². The summed E-state index contributed by atoms with van der Waals surface area (Å²) in [6.45, 7) is 5.20. The highest BCUT2D eigenvalue weighted by Gasteiger charge is 2.14. The minimum Gasteiger partial charge on any atom is -0.496 e. The van der Waals surface area contributed by atoms with Crippen molar-refractivity contribution < 1.29 is 4.74 Å². The van der Waals surface area contributed by atoms with Gasteiger partial charge in [0.05, 0.1) is 7.11 Å². The van der Waals surface area contributed by atoms with Gasteiger partial charge in [-0.1, -0.05) is 17.7 Å². The number of hydrogen-bond acceptors (Lipinski definition) is 3. The van der Waals surface area contributed by atoms with E-state index in [-0.39, 0.29) is 0 Å². The Morgan fingerprint density at radius 1 is 1.35 bits per heavy atom. The molecule has 2 rings (SSSR count). The Kier molecular flexibility index (Phi) is 4.66. The molecule has 1 N–H and O–H groups in total. The lowest BCUT2D eigenvalue weighted by atomic mass is 10.2. The summed E-state index contributed by atoms with van der Waals surface area (Å²) in [6, 6.07) is 5.82. The number of methoxy groups -OCH3 is 1. The van der Waals surface area contributed by atoms with E-state index in [2.05, 4.69) is 10.2 Å². The summed E-state index contributed by atoms with van der Waals surface area (Å²) < 4.78 is 5.37. The van der Waals surface area contributed by atoms with Crippen LogP contribution in [0.25, 0.3) is 0 Å². The van der Waals surface area contributed by atoms with Gasteiger partial charge in [-0.05, 0) is 31.6 Å². The lowest BCUT2D eigenvalue weighted by molar-refractivity contribution is 0.279.